The second-order valence-electron chi connectivity index (χ2n) is 4.56. The summed E-state index contributed by atoms with van der Waals surface area (Å²) in [6.07, 6.45) is 9.06. The van der Waals surface area contributed by atoms with Gasteiger partial charge in [0.15, 0.2) is 0 Å². The minimum Gasteiger partial charge on any atom is -0.368 e. The van der Waals surface area contributed by atoms with E-state index in [2.05, 4.69) is 10.3 Å². The van der Waals surface area contributed by atoms with Crippen LogP contribution in [-0.2, 0) is 4.79 Å². The van der Waals surface area contributed by atoms with Gasteiger partial charge in [-0.15, -0.1) is 11.3 Å². The number of nitrogens with one attached hydrogen (secondary N) is 1. The SMILES string of the molecule is NC(=O)C(NC1CCCCCC1)c1nccs1. The number of carbonyl (C=O) groups excluding carboxylic acids is 1. The van der Waals surface area contributed by atoms with Crippen molar-refractivity contribution < 1.29 is 4.79 Å². The Morgan fingerprint density at radius 2 is 2.12 bits per heavy atom. The molecule has 1 amide bonds. The predicted molar refractivity (Wildman–Crippen MR) is 68.7 cm³/mol. The first-order chi connectivity index (χ1) is 8.27. The first-order valence-corrected chi connectivity index (χ1v) is 7.10. The summed E-state index contributed by atoms with van der Waals surface area (Å²) >= 11 is 1.48. The second kappa shape index (κ2) is 6.12. The van der Waals surface area contributed by atoms with Crippen LogP contribution in [0.25, 0.3) is 0 Å². The van der Waals surface area contributed by atoms with Crippen LogP contribution in [0.15, 0.2) is 11.6 Å². The fourth-order valence-electron chi connectivity index (χ4n) is 2.33. The Balaban J connectivity index is 2.00. The van der Waals surface area contributed by atoms with Gasteiger partial charge in [0.1, 0.15) is 11.0 Å². The van der Waals surface area contributed by atoms with Gasteiger partial charge in [-0.05, 0) is 12.8 Å². The number of nitrogens with zero attached hydrogens (tertiary/aromatic N) is 1. The molecule has 0 saturated heterocycles. The van der Waals surface area contributed by atoms with Gasteiger partial charge in [0.25, 0.3) is 0 Å². The predicted octanol–water partition coefficient (Wildman–Crippen LogP) is 1.98. The van der Waals surface area contributed by atoms with E-state index in [1.54, 1.807) is 6.20 Å². The highest BCUT2D eigenvalue weighted by atomic mass is 32.1. The van der Waals surface area contributed by atoms with Crippen molar-refractivity contribution in [3.8, 4) is 0 Å². The summed E-state index contributed by atoms with van der Waals surface area (Å²) in [5.74, 6) is -0.329. The first kappa shape index (κ1) is 12.5. The molecule has 4 nitrogen and oxygen atoms in total. The summed E-state index contributed by atoms with van der Waals surface area (Å²) in [5.41, 5.74) is 5.45. The van der Waals surface area contributed by atoms with Crippen LogP contribution >= 0.6 is 11.3 Å². The summed E-state index contributed by atoms with van der Waals surface area (Å²) < 4.78 is 0. The standard InChI is InChI=1S/C12H19N3OS/c13-11(16)10(12-14-7-8-17-12)15-9-5-3-1-2-4-6-9/h7-10,15H,1-6H2,(H2,13,16). The fraction of sp³-hybridized carbons (Fsp3) is 0.667. The minimum absolute atomic E-state index is 0.329. The van der Waals surface area contributed by atoms with Crippen LogP contribution < -0.4 is 11.1 Å². The van der Waals surface area contributed by atoms with E-state index in [1.165, 1.54) is 37.0 Å². The minimum atomic E-state index is -0.418. The van der Waals surface area contributed by atoms with Crippen molar-refractivity contribution in [3.63, 3.8) is 0 Å². The Morgan fingerprint density at radius 1 is 1.41 bits per heavy atom. The highest BCUT2D eigenvalue weighted by molar-refractivity contribution is 7.09. The van der Waals surface area contributed by atoms with Gasteiger partial charge in [0.05, 0.1) is 0 Å². The average Bonchev–Trinajstić information content (AvgIpc) is 2.70. The zero-order chi connectivity index (χ0) is 12.1. The maximum absolute atomic E-state index is 11.5. The molecule has 1 unspecified atom stereocenters. The Kier molecular flexibility index (Phi) is 4.50. The number of thiazole rings is 1. The van der Waals surface area contributed by atoms with Gasteiger partial charge in [-0.1, -0.05) is 25.7 Å². The lowest BCUT2D eigenvalue weighted by molar-refractivity contribution is -0.120. The molecule has 1 aromatic rings. The van der Waals surface area contributed by atoms with Gasteiger partial charge in [0, 0.05) is 17.6 Å². The van der Waals surface area contributed by atoms with Crippen molar-refractivity contribution in [1.82, 2.24) is 10.3 Å². The Bertz CT molecular complexity index is 345. The molecule has 17 heavy (non-hydrogen) atoms. The van der Waals surface area contributed by atoms with Crippen LogP contribution in [0.3, 0.4) is 0 Å². The van der Waals surface area contributed by atoms with E-state index in [1.807, 2.05) is 5.38 Å². The maximum Gasteiger partial charge on any atom is 0.241 e. The molecule has 3 N–H and O–H groups in total. The summed E-state index contributed by atoms with van der Waals surface area (Å²) in [6, 6.07) is -0.0167. The molecule has 1 aromatic heterocycles. The number of carbonyl (C=O) groups is 1. The third-order valence-corrected chi connectivity index (χ3v) is 4.08. The number of hydrogen-bond acceptors (Lipinski definition) is 4. The molecular weight excluding hydrogens is 234 g/mol. The third-order valence-electron chi connectivity index (χ3n) is 3.24. The third kappa shape index (κ3) is 3.51. The topological polar surface area (TPSA) is 68.0 Å². The number of rotatable bonds is 4. The van der Waals surface area contributed by atoms with Crippen molar-refractivity contribution in [1.29, 1.82) is 0 Å². The lowest BCUT2D eigenvalue weighted by Gasteiger charge is -2.21. The molecule has 1 saturated carbocycles. The van der Waals surface area contributed by atoms with Crippen molar-refractivity contribution >= 4 is 17.2 Å². The Labute approximate surface area is 106 Å². The average molecular weight is 253 g/mol. The lowest BCUT2D eigenvalue weighted by Crippen LogP contribution is -2.39. The van der Waals surface area contributed by atoms with Crippen LogP contribution in [0.4, 0.5) is 0 Å². The van der Waals surface area contributed by atoms with Crippen molar-refractivity contribution in [2.24, 2.45) is 5.73 Å². The summed E-state index contributed by atoms with van der Waals surface area (Å²) in [4.78, 5) is 15.7. The van der Waals surface area contributed by atoms with E-state index in [4.69, 9.17) is 5.73 Å². The van der Waals surface area contributed by atoms with Crippen molar-refractivity contribution in [3.05, 3.63) is 16.6 Å². The lowest BCUT2D eigenvalue weighted by atomic mass is 10.1. The molecule has 1 aliphatic carbocycles. The van der Waals surface area contributed by atoms with E-state index in [0.717, 1.165) is 17.8 Å². The van der Waals surface area contributed by atoms with Crippen molar-refractivity contribution in [2.75, 3.05) is 0 Å². The Hall–Kier alpha value is -0.940. The quantitative estimate of drug-likeness (QED) is 0.806. The van der Waals surface area contributed by atoms with Gasteiger partial charge in [-0.25, -0.2) is 4.98 Å². The van der Waals surface area contributed by atoms with Crippen LogP contribution in [0.5, 0.6) is 0 Å². The summed E-state index contributed by atoms with van der Waals surface area (Å²) in [5, 5.41) is 6.03. The van der Waals surface area contributed by atoms with E-state index in [0.29, 0.717) is 6.04 Å². The number of amides is 1. The molecule has 0 aliphatic heterocycles. The molecule has 0 bridgehead atoms. The van der Waals surface area contributed by atoms with E-state index in [9.17, 15) is 4.79 Å². The largest absolute Gasteiger partial charge is 0.368 e. The monoisotopic (exact) mass is 253 g/mol. The molecular formula is C12H19N3OS. The van der Waals surface area contributed by atoms with Gasteiger partial charge in [-0.3, -0.25) is 10.1 Å². The highest BCUT2D eigenvalue weighted by Crippen LogP contribution is 2.22. The molecule has 1 heterocycles. The molecule has 0 aromatic carbocycles. The molecule has 0 radical (unpaired) electrons. The first-order valence-electron chi connectivity index (χ1n) is 6.22. The van der Waals surface area contributed by atoms with E-state index in [-0.39, 0.29) is 5.91 Å². The van der Waals surface area contributed by atoms with E-state index >= 15 is 0 Å². The number of aromatic nitrogens is 1. The molecule has 5 heteroatoms. The normalized spacial score (nSPS) is 19.8. The van der Waals surface area contributed by atoms with Gasteiger partial charge >= 0.3 is 0 Å². The van der Waals surface area contributed by atoms with Crippen LogP contribution in [0, 0.1) is 0 Å². The summed E-state index contributed by atoms with van der Waals surface area (Å²) in [7, 11) is 0. The van der Waals surface area contributed by atoms with Crippen LogP contribution in [0.2, 0.25) is 0 Å². The van der Waals surface area contributed by atoms with Gasteiger partial charge in [0.2, 0.25) is 5.91 Å². The Morgan fingerprint density at radius 3 is 2.65 bits per heavy atom. The molecule has 94 valence electrons. The van der Waals surface area contributed by atoms with Crippen molar-refractivity contribution in [2.45, 2.75) is 50.6 Å². The zero-order valence-electron chi connectivity index (χ0n) is 9.89. The number of primary amides is 1. The second-order valence-corrected chi connectivity index (χ2v) is 5.49. The molecule has 2 rings (SSSR count). The fourth-order valence-corrected chi connectivity index (χ4v) is 3.04. The molecule has 1 atom stereocenters. The van der Waals surface area contributed by atoms with Crippen LogP contribution in [0.1, 0.15) is 49.6 Å². The zero-order valence-corrected chi connectivity index (χ0v) is 10.7. The smallest absolute Gasteiger partial charge is 0.241 e. The van der Waals surface area contributed by atoms with Gasteiger partial charge in [-0.2, -0.15) is 0 Å². The number of hydrogen-bond donors (Lipinski definition) is 2. The molecule has 0 spiro atoms. The molecule has 1 fully saturated rings. The highest BCUT2D eigenvalue weighted by Gasteiger charge is 2.24. The number of nitrogens with two attached hydrogens (primary N) is 1. The summed E-state index contributed by atoms with van der Waals surface area (Å²) in [6.45, 7) is 0. The molecule has 1 aliphatic rings. The maximum atomic E-state index is 11.5. The van der Waals surface area contributed by atoms with Crippen LogP contribution in [-0.4, -0.2) is 16.9 Å². The van der Waals surface area contributed by atoms with E-state index < -0.39 is 6.04 Å². The van der Waals surface area contributed by atoms with Gasteiger partial charge < -0.3 is 5.73 Å².